The molecule has 1 N–H and O–H groups in total. The van der Waals surface area contributed by atoms with E-state index in [1.807, 2.05) is 12.1 Å². The lowest BCUT2D eigenvalue weighted by Gasteiger charge is -2.37. The third-order valence-electron chi connectivity index (χ3n) is 5.56. The molecular weight excluding hydrogens is 262 g/mol. The molecule has 21 heavy (non-hydrogen) atoms. The Labute approximate surface area is 125 Å². The molecule has 3 heterocycles. The Morgan fingerprint density at radius 1 is 1.19 bits per heavy atom. The van der Waals surface area contributed by atoms with Gasteiger partial charge in [0.15, 0.2) is 0 Å². The van der Waals surface area contributed by atoms with E-state index in [0.717, 1.165) is 29.6 Å². The average molecular weight is 285 g/mol. The van der Waals surface area contributed by atoms with Crippen LogP contribution in [0.5, 0.6) is 0 Å². The Bertz CT molecular complexity index is 648. The van der Waals surface area contributed by atoms with Crippen LogP contribution >= 0.6 is 0 Å². The third-order valence-corrected chi connectivity index (χ3v) is 5.56. The van der Waals surface area contributed by atoms with E-state index in [1.165, 1.54) is 18.4 Å². The maximum absolute atomic E-state index is 10.8. The highest BCUT2D eigenvalue weighted by molar-refractivity contribution is 5.78. The molecular formula is C18H23NO2. The van der Waals surface area contributed by atoms with E-state index < -0.39 is 6.10 Å². The van der Waals surface area contributed by atoms with Crippen LogP contribution in [-0.4, -0.2) is 29.1 Å². The lowest BCUT2D eigenvalue weighted by atomic mass is 9.85. The van der Waals surface area contributed by atoms with E-state index in [9.17, 15) is 5.11 Å². The van der Waals surface area contributed by atoms with Gasteiger partial charge in [-0.2, -0.15) is 0 Å². The number of hydrogen-bond donors (Lipinski definition) is 1. The van der Waals surface area contributed by atoms with Crippen molar-refractivity contribution >= 4 is 11.0 Å². The molecule has 3 atom stereocenters. The lowest BCUT2D eigenvalue weighted by Crippen LogP contribution is -2.41. The number of hydrogen-bond acceptors (Lipinski definition) is 3. The molecule has 2 aromatic rings. The fraction of sp³-hybridized carbons (Fsp3) is 0.556. The predicted molar refractivity (Wildman–Crippen MR) is 83.2 cm³/mol. The van der Waals surface area contributed by atoms with Crippen LogP contribution in [0.4, 0.5) is 0 Å². The topological polar surface area (TPSA) is 36.6 Å². The molecule has 0 aliphatic carbocycles. The third kappa shape index (κ3) is 2.19. The van der Waals surface area contributed by atoms with Crippen molar-refractivity contribution in [1.82, 2.24) is 4.90 Å². The molecule has 2 fully saturated rings. The summed E-state index contributed by atoms with van der Waals surface area (Å²) in [5.41, 5.74) is 2.10. The second-order valence-electron chi connectivity index (χ2n) is 6.92. The molecule has 0 amide bonds. The lowest BCUT2D eigenvalue weighted by molar-refractivity contribution is 0.0244. The first-order chi connectivity index (χ1) is 10.1. The van der Waals surface area contributed by atoms with Gasteiger partial charge in [-0.15, -0.1) is 0 Å². The molecule has 2 bridgehead atoms. The monoisotopic (exact) mass is 285 g/mol. The van der Waals surface area contributed by atoms with Crippen LogP contribution in [0.1, 0.15) is 43.1 Å². The zero-order valence-corrected chi connectivity index (χ0v) is 12.7. The number of nitrogens with zero attached hydrogens (tertiary/aromatic N) is 1. The summed E-state index contributed by atoms with van der Waals surface area (Å²) in [6, 6.07) is 9.49. The minimum atomic E-state index is -0.463. The SMILES string of the molecule is Cc1ccc2oc(C(O)C3CC4CCC(C3)N4C)cc2c1. The molecule has 3 unspecified atom stereocenters. The molecule has 1 aromatic carbocycles. The number of aliphatic hydroxyl groups is 1. The summed E-state index contributed by atoms with van der Waals surface area (Å²) in [5.74, 6) is 1.07. The van der Waals surface area contributed by atoms with Gasteiger partial charge in [-0.05, 0) is 63.8 Å². The maximum atomic E-state index is 10.8. The van der Waals surface area contributed by atoms with Gasteiger partial charge in [0.2, 0.25) is 0 Å². The van der Waals surface area contributed by atoms with Crippen molar-refractivity contribution in [3.63, 3.8) is 0 Å². The number of piperidine rings is 1. The molecule has 112 valence electrons. The Morgan fingerprint density at radius 3 is 2.62 bits per heavy atom. The van der Waals surface area contributed by atoms with E-state index in [2.05, 4.69) is 31.0 Å². The highest BCUT2D eigenvalue weighted by Crippen LogP contribution is 2.43. The first kappa shape index (κ1) is 13.4. The Kier molecular flexibility index (Phi) is 3.09. The number of aliphatic hydroxyl groups excluding tert-OH is 1. The number of rotatable bonds is 2. The van der Waals surface area contributed by atoms with Gasteiger partial charge in [0.1, 0.15) is 17.4 Å². The minimum Gasteiger partial charge on any atom is -0.458 e. The van der Waals surface area contributed by atoms with E-state index in [-0.39, 0.29) is 0 Å². The molecule has 0 radical (unpaired) electrons. The molecule has 2 aliphatic heterocycles. The number of benzene rings is 1. The summed E-state index contributed by atoms with van der Waals surface area (Å²) in [6.07, 6.45) is 4.27. The molecule has 0 saturated carbocycles. The summed E-state index contributed by atoms with van der Waals surface area (Å²) >= 11 is 0. The van der Waals surface area contributed by atoms with Gasteiger partial charge in [-0.1, -0.05) is 11.6 Å². The molecule has 2 aliphatic rings. The van der Waals surface area contributed by atoms with Gasteiger partial charge < -0.3 is 14.4 Å². The Hall–Kier alpha value is -1.32. The van der Waals surface area contributed by atoms with Crippen molar-refractivity contribution in [1.29, 1.82) is 0 Å². The zero-order chi connectivity index (χ0) is 14.6. The van der Waals surface area contributed by atoms with Crippen molar-refractivity contribution in [2.24, 2.45) is 5.92 Å². The summed E-state index contributed by atoms with van der Waals surface area (Å²) in [5, 5.41) is 11.9. The smallest absolute Gasteiger partial charge is 0.134 e. The summed E-state index contributed by atoms with van der Waals surface area (Å²) < 4.78 is 5.89. The number of aryl methyl sites for hydroxylation is 1. The van der Waals surface area contributed by atoms with Crippen LogP contribution < -0.4 is 0 Å². The predicted octanol–water partition coefficient (Wildman–Crippen LogP) is 3.65. The van der Waals surface area contributed by atoms with Crippen molar-refractivity contribution in [3.05, 3.63) is 35.6 Å². The molecule has 4 rings (SSSR count). The highest BCUT2D eigenvalue weighted by Gasteiger charge is 2.41. The summed E-state index contributed by atoms with van der Waals surface area (Å²) in [7, 11) is 2.23. The second kappa shape index (κ2) is 4.85. The average Bonchev–Trinajstić information content (AvgIpc) is 2.94. The fourth-order valence-corrected chi connectivity index (χ4v) is 4.27. The maximum Gasteiger partial charge on any atom is 0.134 e. The van der Waals surface area contributed by atoms with Crippen LogP contribution in [0.2, 0.25) is 0 Å². The van der Waals surface area contributed by atoms with Crippen LogP contribution in [0.15, 0.2) is 28.7 Å². The minimum absolute atomic E-state index is 0.334. The Balaban J connectivity index is 1.60. The molecule has 1 aromatic heterocycles. The summed E-state index contributed by atoms with van der Waals surface area (Å²) in [4.78, 5) is 2.51. The van der Waals surface area contributed by atoms with Gasteiger partial charge in [-0.25, -0.2) is 0 Å². The van der Waals surface area contributed by atoms with Gasteiger partial charge in [0.05, 0.1) is 0 Å². The quantitative estimate of drug-likeness (QED) is 0.915. The normalized spacial score (nSPS) is 30.9. The molecule has 3 heteroatoms. The second-order valence-corrected chi connectivity index (χ2v) is 6.92. The fourth-order valence-electron chi connectivity index (χ4n) is 4.27. The van der Waals surface area contributed by atoms with Crippen LogP contribution in [-0.2, 0) is 0 Å². The van der Waals surface area contributed by atoms with Crippen molar-refractivity contribution < 1.29 is 9.52 Å². The Morgan fingerprint density at radius 2 is 1.90 bits per heavy atom. The molecule has 0 spiro atoms. The standard InChI is InChI=1S/C18H23NO2/c1-11-3-6-16-12(7-11)10-17(21-16)18(20)13-8-14-4-5-15(9-13)19(14)2/h3,6-7,10,13-15,18,20H,4-5,8-9H2,1-2H3. The van der Waals surface area contributed by atoms with Gasteiger partial charge in [-0.3, -0.25) is 0 Å². The largest absolute Gasteiger partial charge is 0.458 e. The molecule has 2 saturated heterocycles. The summed E-state index contributed by atoms with van der Waals surface area (Å²) in [6.45, 7) is 2.08. The van der Waals surface area contributed by atoms with E-state index in [4.69, 9.17) is 4.42 Å². The highest BCUT2D eigenvalue weighted by atomic mass is 16.4. The van der Waals surface area contributed by atoms with Gasteiger partial charge >= 0.3 is 0 Å². The van der Waals surface area contributed by atoms with Crippen molar-refractivity contribution in [2.75, 3.05) is 7.05 Å². The first-order valence-corrected chi connectivity index (χ1v) is 8.02. The van der Waals surface area contributed by atoms with Crippen molar-refractivity contribution in [3.8, 4) is 0 Å². The van der Waals surface area contributed by atoms with Crippen LogP contribution in [0.3, 0.4) is 0 Å². The van der Waals surface area contributed by atoms with Crippen LogP contribution in [0, 0.1) is 12.8 Å². The number of fused-ring (bicyclic) bond motifs is 3. The van der Waals surface area contributed by atoms with Crippen molar-refractivity contribution in [2.45, 2.75) is 50.8 Å². The van der Waals surface area contributed by atoms with E-state index in [1.54, 1.807) is 0 Å². The van der Waals surface area contributed by atoms with Gasteiger partial charge in [0.25, 0.3) is 0 Å². The number of furan rings is 1. The van der Waals surface area contributed by atoms with Crippen LogP contribution in [0.25, 0.3) is 11.0 Å². The zero-order valence-electron chi connectivity index (χ0n) is 12.7. The van der Waals surface area contributed by atoms with E-state index >= 15 is 0 Å². The van der Waals surface area contributed by atoms with E-state index in [0.29, 0.717) is 18.0 Å². The van der Waals surface area contributed by atoms with Gasteiger partial charge in [0, 0.05) is 17.5 Å². The molecule has 3 nitrogen and oxygen atoms in total. The first-order valence-electron chi connectivity index (χ1n) is 8.02.